The summed E-state index contributed by atoms with van der Waals surface area (Å²) in [6.07, 6.45) is 2.11. The molecule has 84 valence electrons. The van der Waals surface area contributed by atoms with Crippen molar-refractivity contribution in [1.82, 2.24) is 4.98 Å². The Kier molecular flexibility index (Phi) is 4.56. The third-order valence-corrected chi connectivity index (χ3v) is 2.32. The smallest absolute Gasteiger partial charge is 0.213 e. The molecular formula is C12H19NO2. The quantitative estimate of drug-likeness (QED) is 0.809. The molecule has 0 amide bonds. The summed E-state index contributed by atoms with van der Waals surface area (Å²) in [6.45, 7) is 6.48. The molecule has 1 atom stereocenters. The normalized spacial score (nSPS) is 12.9. The second kappa shape index (κ2) is 5.71. The first-order valence-electron chi connectivity index (χ1n) is 5.40. The van der Waals surface area contributed by atoms with Gasteiger partial charge in [-0.3, -0.25) is 0 Å². The monoisotopic (exact) mass is 209 g/mol. The average Bonchev–Trinajstić information content (AvgIpc) is 2.26. The predicted molar refractivity (Wildman–Crippen MR) is 60.1 cm³/mol. The van der Waals surface area contributed by atoms with Gasteiger partial charge in [0.25, 0.3) is 0 Å². The van der Waals surface area contributed by atoms with Crippen molar-refractivity contribution in [1.29, 1.82) is 0 Å². The van der Waals surface area contributed by atoms with Crippen molar-refractivity contribution >= 4 is 0 Å². The van der Waals surface area contributed by atoms with E-state index in [9.17, 15) is 5.11 Å². The maximum Gasteiger partial charge on any atom is 0.213 e. The molecule has 1 unspecified atom stereocenters. The first-order chi connectivity index (χ1) is 7.13. The summed E-state index contributed by atoms with van der Waals surface area (Å²) in [4.78, 5) is 4.17. The molecule has 0 spiro atoms. The SMILES string of the molecule is CCC(O)COc1ccc(C(C)C)cn1. The van der Waals surface area contributed by atoms with Crippen LogP contribution < -0.4 is 4.74 Å². The maximum absolute atomic E-state index is 9.31. The number of nitrogens with zero attached hydrogens (tertiary/aromatic N) is 1. The van der Waals surface area contributed by atoms with Gasteiger partial charge in [0.1, 0.15) is 6.61 Å². The van der Waals surface area contributed by atoms with Gasteiger partial charge in [0, 0.05) is 12.3 Å². The van der Waals surface area contributed by atoms with Gasteiger partial charge in [-0.25, -0.2) is 4.98 Å². The molecule has 15 heavy (non-hydrogen) atoms. The number of rotatable bonds is 5. The minimum Gasteiger partial charge on any atom is -0.475 e. The first-order valence-corrected chi connectivity index (χ1v) is 5.40. The summed E-state index contributed by atoms with van der Waals surface area (Å²) in [6, 6.07) is 3.85. The summed E-state index contributed by atoms with van der Waals surface area (Å²) >= 11 is 0. The number of hydrogen-bond acceptors (Lipinski definition) is 3. The van der Waals surface area contributed by atoms with Gasteiger partial charge in [-0.1, -0.05) is 26.8 Å². The number of ether oxygens (including phenoxy) is 1. The molecule has 0 saturated heterocycles. The number of pyridine rings is 1. The van der Waals surface area contributed by atoms with E-state index in [0.717, 1.165) is 0 Å². The minimum atomic E-state index is -0.406. The Morgan fingerprint density at radius 1 is 1.40 bits per heavy atom. The van der Waals surface area contributed by atoms with Gasteiger partial charge in [-0.15, -0.1) is 0 Å². The van der Waals surface area contributed by atoms with Crippen LogP contribution in [0, 0.1) is 0 Å². The zero-order valence-corrected chi connectivity index (χ0v) is 9.60. The molecule has 0 saturated carbocycles. The van der Waals surface area contributed by atoms with Crippen LogP contribution in [0.3, 0.4) is 0 Å². The lowest BCUT2D eigenvalue weighted by molar-refractivity contribution is 0.102. The van der Waals surface area contributed by atoms with E-state index in [-0.39, 0.29) is 0 Å². The number of aliphatic hydroxyl groups is 1. The summed E-state index contributed by atoms with van der Waals surface area (Å²) in [5, 5.41) is 9.31. The van der Waals surface area contributed by atoms with Gasteiger partial charge in [-0.05, 0) is 17.9 Å². The van der Waals surface area contributed by atoms with E-state index >= 15 is 0 Å². The average molecular weight is 209 g/mol. The number of hydrogen-bond donors (Lipinski definition) is 1. The van der Waals surface area contributed by atoms with E-state index in [1.54, 1.807) is 0 Å². The number of aromatic nitrogens is 1. The van der Waals surface area contributed by atoms with Crippen molar-refractivity contribution in [2.45, 2.75) is 39.2 Å². The minimum absolute atomic E-state index is 0.310. The van der Waals surface area contributed by atoms with Gasteiger partial charge in [0.2, 0.25) is 5.88 Å². The molecule has 3 nitrogen and oxygen atoms in total. The van der Waals surface area contributed by atoms with Crippen LogP contribution in [0.5, 0.6) is 5.88 Å². The van der Waals surface area contributed by atoms with E-state index in [0.29, 0.717) is 24.8 Å². The molecule has 0 aliphatic heterocycles. The van der Waals surface area contributed by atoms with E-state index in [1.807, 2.05) is 25.3 Å². The van der Waals surface area contributed by atoms with Crippen LogP contribution >= 0.6 is 0 Å². The highest BCUT2D eigenvalue weighted by molar-refractivity contribution is 5.20. The Labute approximate surface area is 91.1 Å². The van der Waals surface area contributed by atoms with Gasteiger partial charge in [0.15, 0.2) is 0 Å². The third kappa shape index (κ3) is 3.88. The second-order valence-corrected chi connectivity index (χ2v) is 3.96. The number of aliphatic hydroxyl groups excluding tert-OH is 1. The highest BCUT2D eigenvalue weighted by Crippen LogP contribution is 2.15. The van der Waals surface area contributed by atoms with Gasteiger partial charge >= 0.3 is 0 Å². The molecule has 0 aromatic carbocycles. The third-order valence-electron chi connectivity index (χ3n) is 2.32. The molecule has 1 heterocycles. The fourth-order valence-electron chi connectivity index (χ4n) is 1.12. The van der Waals surface area contributed by atoms with Crippen LogP contribution in [0.1, 0.15) is 38.7 Å². The van der Waals surface area contributed by atoms with Gasteiger partial charge in [-0.2, -0.15) is 0 Å². The van der Waals surface area contributed by atoms with E-state index < -0.39 is 6.10 Å². The van der Waals surface area contributed by atoms with Crippen LogP contribution in [-0.4, -0.2) is 22.8 Å². The Morgan fingerprint density at radius 2 is 2.13 bits per heavy atom. The molecule has 0 aliphatic carbocycles. The van der Waals surface area contributed by atoms with Crippen molar-refractivity contribution < 1.29 is 9.84 Å². The summed E-state index contributed by atoms with van der Waals surface area (Å²) < 4.78 is 5.33. The van der Waals surface area contributed by atoms with E-state index in [2.05, 4.69) is 18.8 Å². The molecule has 1 rings (SSSR count). The fraction of sp³-hybridized carbons (Fsp3) is 0.583. The van der Waals surface area contributed by atoms with Crippen LogP contribution in [0.25, 0.3) is 0 Å². The molecule has 1 aromatic heterocycles. The van der Waals surface area contributed by atoms with Crippen LogP contribution in [0.2, 0.25) is 0 Å². The molecular weight excluding hydrogens is 190 g/mol. The molecule has 3 heteroatoms. The summed E-state index contributed by atoms with van der Waals surface area (Å²) in [7, 11) is 0. The molecule has 0 aliphatic rings. The van der Waals surface area contributed by atoms with Crippen molar-refractivity contribution in [3.05, 3.63) is 23.9 Å². The Hall–Kier alpha value is -1.09. The highest BCUT2D eigenvalue weighted by atomic mass is 16.5. The Balaban J connectivity index is 2.50. The lowest BCUT2D eigenvalue weighted by atomic mass is 10.1. The van der Waals surface area contributed by atoms with Crippen LogP contribution in [0.4, 0.5) is 0 Å². The van der Waals surface area contributed by atoms with Crippen LogP contribution in [-0.2, 0) is 0 Å². The van der Waals surface area contributed by atoms with E-state index in [1.165, 1.54) is 5.56 Å². The lowest BCUT2D eigenvalue weighted by Gasteiger charge is -2.10. The second-order valence-electron chi connectivity index (χ2n) is 3.96. The standard InChI is InChI=1S/C12H19NO2/c1-4-11(14)8-15-12-6-5-10(7-13-12)9(2)3/h5-7,9,11,14H,4,8H2,1-3H3. The molecule has 0 bridgehead atoms. The molecule has 1 N–H and O–H groups in total. The van der Waals surface area contributed by atoms with Gasteiger partial charge < -0.3 is 9.84 Å². The summed E-state index contributed by atoms with van der Waals surface area (Å²) in [5.41, 5.74) is 1.19. The van der Waals surface area contributed by atoms with Crippen molar-refractivity contribution in [2.24, 2.45) is 0 Å². The lowest BCUT2D eigenvalue weighted by Crippen LogP contribution is -2.16. The maximum atomic E-state index is 9.31. The van der Waals surface area contributed by atoms with Crippen molar-refractivity contribution in [2.75, 3.05) is 6.61 Å². The Bertz CT molecular complexity index is 282. The molecule has 0 fully saturated rings. The Morgan fingerprint density at radius 3 is 2.60 bits per heavy atom. The largest absolute Gasteiger partial charge is 0.475 e. The van der Waals surface area contributed by atoms with Gasteiger partial charge in [0.05, 0.1) is 6.10 Å². The molecule has 0 radical (unpaired) electrons. The van der Waals surface area contributed by atoms with Crippen LogP contribution in [0.15, 0.2) is 18.3 Å². The fourth-order valence-corrected chi connectivity index (χ4v) is 1.12. The van der Waals surface area contributed by atoms with E-state index in [4.69, 9.17) is 4.74 Å². The zero-order chi connectivity index (χ0) is 11.3. The van der Waals surface area contributed by atoms with Crippen molar-refractivity contribution in [3.8, 4) is 5.88 Å². The summed E-state index contributed by atoms with van der Waals surface area (Å²) in [5.74, 6) is 1.06. The predicted octanol–water partition coefficient (Wildman–Crippen LogP) is 2.35. The first kappa shape index (κ1) is 12.0. The molecule has 1 aromatic rings. The highest BCUT2D eigenvalue weighted by Gasteiger charge is 2.03. The van der Waals surface area contributed by atoms with Crippen molar-refractivity contribution in [3.63, 3.8) is 0 Å². The zero-order valence-electron chi connectivity index (χ0n) is 9.60. The topological polar surface area (TPSA) is 42.4 Å².